The number of carbonyl (C=O) groups excluding carboxylic acids is 1. The third kappa shape index (κ3) is 4.01. The lowest BCUT2D eigenvalue weighted by atomic mass is 10.1. The second-order valence-corrected chi connectivity index (χ2v) is 5.03. The van der Waals surface area contributed by atoms with Gasteiger partial charge in [0.2, 0.25) is 0 Å². The zero-order valence-corrected chi connectivity index (χ0v) is 12.3. The maximum Gasteiger partial charge on any atom is 0.185 e. The fraction of sp³-hybridized carbons (Fsp3) is 0.167. The van der Waals surface area contributed by atoms with E-state index in [1.54, 1.807) is 6.08 Å². The molecule has 0 saturated carbocycles. The van der Waals surface area contributed by atoms with Crippen LogP contribution in [0.25, 0.3) is 6.08 Å². The van der Waals surface area contributed by atoms with Crippen LogP contribution in [-0.2, 0) is 0 Å². The lowest BCUT2D eigenvalue weighted by Gasteiger charge is -2.11. The van der Waals surface area contributed by atoms with Gasteiger partial charge in [0.1, 0.15) is 5.75 Å². The SMILES string of the molecule is CC(C)Oc1ccccc1C=CC(=O)c1ccc(F)c(F)c1. The lowest BCUT2D eigenvalue weighted by Crippen LogP contribution is -2.06. The number of rotatable bonds is 5. The second kappa shape index (κ2) is 6.98. The highest BCUT2D eigenvalue weighted by Crippen LogP contribution is 2.21. The summed E-state index contributed by atoms with van der Waals surface area (Å²) in [5.74, 6) is -1.76. The first kappa shape index (κ1) is 15.9. The Bertz CT molecular complexity index is 706. The Morgan fingerprint density at radius 1 is 1.09 bits per heavy atom. The molecule has 0 spiro atoms. The Labute approximate surface area is 128 Å². The van der Waals surface area contributed by atoms with Crippen molar-refractivity contribution >= 4 is 11.9 Å². The van der Waals surface area contributed by atoms with E-state index < -0.39 is 17.4 Å². The van der Waals surface area contributed by atoms with Crippen molar-refractivity contribution in [2.24, 2.45) is 0 Å². The van der Waals surface area contributed by atoms with E-state index in [4.69, 9.17) is 4.74 Å². The minimum absolute atomic E-state index is 0.0106. The van der Waals surface area contributed by atoms with Crippen molar-refractivity contribution in [1.82, 2.24) is 0 Å². The normalized spacial score (nSPS) is 11.1. The number of carbonyl (C=O) groups is 1. The van der Waals surface area contributed by atoms with Gasteiger partial charge in [-0.25, -0.2) is 8.78 Å². The average molecular weight is 302 g/mol. The van der Waals surface area contributed by atoms with Gasteiger partial charge in [-0.3, -0.25) is 4.79 Å². The van der Waals surface area contributed by atoms with Gasteiger partial charge in [-0.15, -0.1) is 0 Å². The van der Waals surface area contributed by atoms with E-state index in [2.05, 4.69) is 0 Å². The van der Waals surface area contributed by atoms with Crippen molar-refractivity contribution in [1.29, 1.82) is 0 Å². The van der Waals surface area contributed by atoms with Gasteiger partial charge in [0.15, 0.2) is 17.4 Å². The molecule has 2 rings (SSSR count). The Morgan fingerprint density at radius 2 is 1.82 bits per heavy atom. The number of hydrogen-bond acceptors (Lipinski definition) is 2. The van der Waals surface area contributed by atoms with Crippen LogP contribution in [0.15, 0.2) is 48.5 Å². The first-order chi connectivity index (χ1) is 10.5. The molecule has 0 N–H and O–H groups in total. The van der Waals surface area contributed by atoms with Crippen LogP contribution in [0, 0.1) is 11.6 Å². The van der Waals surface area contributed by atoms with Crippen LogP contribution in [0.5, 0.6) is 5.75 Å². The van der Waals surface area contributed by atoms with Crippen molar-refractivity contribution in [3.63, 3.8) is 0 Å². The van der Waals surface area contributed by atoms with Crippen molar-refractivity contribution in [2.75, 3.05) is 0 Å². The third-order valence-electron chi connectivity index (χ3n) is 2.90. The summed E-state index contributed by atoms with van der Waals surface area (Å²) in [6.07, 6.45) is 2.92. The quantitative estimate of drug-likeness (QED) is 0.593. The molecule has 0 saturated heterocycles. The van der Waals surface area contributed by atoms with E-state index in [1.807, 2.05) is 38.1 Å². The molecule has 0 radical (unpaired) electrons. The van der Waals surface area contributed by atoms with Crippen LogP contribution in [-0.4, -0.2) is 11.9 Å². The highest BCUT2D eigenvalue weighted by atomic mass is 19.2. The van der Waals surface area contributed by atoms with E-state index >= 15 is 0 Å². The zero-order valence-electron chi connectivity index (χ0n) is 12.3. The number of ketones is 1. The summed E-state index contributed by atoms with van der Waals surface area (Å²) >= 11 is 0. The molecule has 0 aliphatic heterocycles. The molecule has 114 valence electrons. The number of hydrogen-bond donors (Lipinski definition) is 0. The summed E-state index contributed by atoms with van der Waals surface area (Å²) in [5, 5.41) is 0. The minimum atomic E-state index is -1.04. The Kier molecular flexibility index (Phi) is 5.04. The molecule has 0 bridgehead atoms. The summed E-state index contributed by atoms with van der Waals surface area (Å²) in [5.41, 5.74) is 0.838. The fourth-order valence-corrected chi connectivity index (χ4v) is 1.89. The summed E-state index contributed by atoms with van der Waals surface area (Å²) in [6, 6.07) is 10.4. The van der Waals surface area contributed by atoms with Crippen molar-refractivity contribution < 1.29 is 18.3 Å². The molecule has 22 heavy (non-hydrogen) atoms. The van der Waals surface area contributed by atoms with Gasteiger partial charge >= 0.3 is 0 Å². The smallest absolute Gasteiger partial charge is 0.185 e. The Morgan fingerprint density at radius 3 is 2.50 bits per heavy atom. The van der Waals surface area contributed by atoms with Crippen LogP contribution < -0.4 is 4.74 Å². The lowest BCUT2D eigenvalue weighted by molar-refractivity contribution is 0.104. The van der Waals surface area contributed by atoms with Crippen LogP contribution >= 0.6 is 0 Å². The minimum Gasteiger partial charge on any atom is -0.490 e. The highest BCUT2D eigenvalue weighted by Gasteiger charge is 2.08. The molecule has 0 atom stereocenters. The molecule has 0 fully saturated rings. The Hall–Kier alpha value is -2.49. The van der Waals surface area contributed by atoms with Gasteiger partial charge in [0.05, 0.1) is 6.10 Å². The molecule has 2 aromatic carbocycles. The molecule has 2 aromatic rings. The standard InChI is InChI=1S/C18H16F2O2/c1-12(2)22-18-6-4-3-5-13(18)8-10-17(21)14-7-9-15(19)16(20)11-14/h3-12H,1-2H3. The number of halogens is 2. The molecule has 0 aliphatic carbocycles. The molecule has 2 nitrogen and oxygen atoms in total. The van der Waals surface area contributed by atoms with Crippen molar-refractivity contribution in [3.8, 4) is 5.75 Å². The van der Waals surface area contributed by atoms with E-state index in [-0.39, 0.29) is 11.7 Å². The van der Waals surface area contributed by atoms with E-state index in [1.165, 1.54) is 12.1 Å². The molecular formula is C18H16F2O2. The largest absolute Gasteiger partial charge is 0.490 e. The Balaban J connectivity index is 2.21. The second-order valence-electron chi connectivity index (χ2n) is 5.03. The zero-order chi connectivity index (χ0) is 16.1. The summed E-state index contributed by atoms with van der Waals surface area (Å²) in [6.45, 7) is 3.82. The number of para-hydroxylation sites is 1. The van der Waals surface area contributed by atoms with Crippen LogP contribution in [0.1, 0.15) is 29.8 Å². The number of benzene rings is 2. The predicted octanol–water partition coefficient (Wildman–Crippen LogP) is 4.65. The summed E-state index contributed by atoms with van der Waals surface area (Å²) in [4.78, 5) is 12.0. The van der Waals surface area contributed by atoms with Crippen LogP contribution in [0.4, 0.5) is 8.78 Å². The number of ether oxygens (including phenoxy) is 1. The van der Waals surface area contributed by atoms with Crippen molar-refractivity contribution in [3.05, 3.63) is 71.3 Å². The molecular weight excluding hydrogens is 286 g/mol. The average Bonchev–Trinajstić information content (AvgIpc) is 2.48. The topological polar surface area (TPSA) is 26.3 Å². The summed E-state index contributed by atoms with van der Waals surface area (Å²) in [7, 11) is 0. The van der Waals surface area contributed by atoms with E-state index in [0.29, 0.717) is 5.75 Å². The summed E-state index contributed by atoms with van der Waals surface area (Å²) < 4.78 is 31.7. The van der Waals surface area contributed by atoms with Crippen molar-refractivity contribution in [2.45, 2.75) is 20.0 Å². The van der Waals surface area contributed by atoms with Gasteiger partial charge in [0, 0.05) is 11.1 Å². The first-order valence-electron chi connectivity index (χ1n) is 6.90. The van der Waals surface area contributed by atoms with Gasteiger partial charge < -0.3 is 4.74 Å². The molecule has 0 aliphatic rings. The first-order valence-corrected chi connectivity index (χ1v) is 6.90. The predicted molar refractivity (Wildman–Crippen MR) is 81.9 cm³/mol. The van der Waals surface area contributed by atoms with Gasteiger partial charge in [-0.2, -0.15) is 0 Å². The number of allylic oxidation sites excluding steroid dienone is 1. The molecule has 0 unspecified atom stereocenters. The molecule has 0 aromatic heterocycles. The fourth-order valence-electron chi connectivity index (χ4n) is 1.89. The molecule has 0 amide bonds. The van der Waals surface area contributed by atoms with Crippen LogP contribution in [0.2, 0.25) is 0 Å². The molecule has 4 heteroatoms. The van der Waals surface area contributed by atoms with Gasteiger partial charge in [-0.1, -0.05) is 18.2 Å². The third-order valence-corrected chi connectivity index (χ3v) is 2.90. The maximum atomic E-state index is 13.1. The highest BCUT2D eigenvalue weighted by molar-refractivity contribution is 6.06. The van der Waals surface area contributed by atoms with Crippen LogP contribution in [0.3, 0.4) is 0 Å². The van der Waals surface area contributed by atoms with E-state index in [9.17, 15) is 13.6 Å². The monoisotopic (exact) mass is 302 g/mol. The van der Waals surface area contributed by atoms with Gasteiger partial charge in [0.25, 0.3) is 0 Å². The maximum absolute atomic E-state index is 13.1. The van der Waals surface area contributed by atoms with Gasteiger partial charge in [-0.05, 0) is 50.3 Å². The van der Waals surface area contributed by atoms with E-state index in [0.717, 1.165) is 17.7 Å². The molecule has 0 heterocycles.